The molecule has 7 heteroatoms. The summed E-state index contributed by atoms with van der Waals surface area (Å²) in [5.74, 6) is 0.404. The Kier molecular flexibility index (Phi) is 5.78. The molecule has 0 saturated heterocycles. The van der Waals surface area contributed by atoms with Crippen molar-refractivity contribution in [1.29, 1.82) is 0 Å². The van der Waals surface area contributed by atoms with Crippen LogP contribution < -0.4 is 10.1 Å². The maximum atomic E-state index is 13.3. The van der Waals surface area contributed by atoms with E-state index in [-0.39, 0.29) is 23.2 Å². The summed E-state index contributed by atoms with van der Waals surface area (Å²) >= 11 is 6.26. The van der Waals surface area contributed by atoms with Crippen molar-refractivity contribution in [2.75, 3.05) is 0 Å². The topological polar surface area (TPSA) is 56.1 Å². The summed E-state index contributed by atoms with van der Waals surface area (Å²) < 4.78 is 21.5. The SMILES string of the molecule is C[C@H](NC(=O)C1(C)CC1)[C@@H](Oc1ccc2c(cnn2-c2ccc(F)cc2)c1)c1cccc(Cl)c1. The zero-order valence-corrected chi connectivity index (χ0v) is 19.7. The van der Waals surface area contributed by atoms with Crippen LogP contribution in [0.25, 0.3) is 16.6 Å². The summed E-state index contributed by atoms with van der Waals surface area (Å²) in [5, 5.41) is 9.08. The summed E-state index contributed by atoms with van der Waals surface area (Å²) in [5.41, 5.74) is 2.25. The number of amides is 1. The Morgan fingerprint density at radius 3 is 2.62 bits per heavy atom. The minimum absolute atomic E-state index is 0.0478. The van der Waals surface area contributed by atoms with Crippen LogP contribution in [0.5, 0.6) is 5.75 Å². The second-order valence-electron chi connectivity index (χ2n) is 9.17. The third-order valence-electron chi connectivity index (χ3n) is 6.41. The molecule has 1 fully saturated rings. The number of benzene rings is 3. The van der Waals surface area contributed by atoms with Crippen LogP contribution in [-0.4, -0.2) is 21.7 Å². The van der Waals surface area contributed by atoms with Gasteiger partial charge in [-0.05, 0) is 79.9 Å². The van der Waals surface area contributed by atoms with Crippen LogP contribution in [0.15, 0.2) is 72.9 Å². The van der Waals surface area contributed by atoms with Crippen LogP contribution in [0.4, 0.5) is 4.39 Å². The van der Waals surface area contributed by atoms with E-state index in [1.165, 1.54) is 12.1 Å². The van der Waals surface area contributed by atoms with E-state index in [1.54, 1.807) is 23.0 Å². The number of carbonyl (C=O) groups is 1. The van der Waals surface area contributed by atoms with Crippen LogP contribution in [0, 0.1) is 11.2 Å². The molecule has 1 aromatic heterocycles. The van der Waals surface area contributed by atoms with E-state index in [4.69, 9.17) is 16.3 Å². The second-order valence-corrected chi connectivity index (χ2v) is 9.61. The van der Waals surface area contributed by atoms with Gasteiger partial charge in [0.2, 0.25) is 5.91 Å². The van der Waals surface area contributed by atoms with E-state index in [0.717, 1.165) is 35.0 Å². The number of nitrogens with zero attached hydrogens (tertiary/aromatic N) is 2. The Hall–Kier alpha value is -3.38. The van der Waals surface area contributed by atoms with Crippen LogP contribution >= 0.6 is 11.6 Å². The Balaban J connectivity index is 1.43. The molecule has 0 spiro atoms. The molecule has 1 N–H and O–H groups in total. The lowest BCUT2D eigenvalue weighted by Gasteiger charge is -2.27. The Morgan fingerprint density at radius 2 is 1.91 bits per heavy atom. The van der Waals surface area contributed by atoms with Crippen molar-refractivity contribution < 1.29 is 13.9 Å². The fraction of sp³-hybridized carbons (Fsp3) is 0.259. The fourth-order valence-electron chi connectivity index (χ4n) is 4.03. The first-order valence-electron chi connectivity index (χ1n) is 11.3. The maximum absolute atomic E-state index is 13.3. The lowest BCUT2D eigenvalue weighted by Crippen LogP contribution is -2.42. The first-order valence-corrected chi connectivity index (χ1v) is 11.7. The zero-order chi connectivity index (χ0) is 23.9. The van der Waals surface area contributed by atoms with E-state index in [1.807, 2.05) is 56.3 Å². The molecular formula is C27H25ClFN3O2. The van der Waals surface area contributed by atoms with Gasteiger partial charge in [-0.3, -0.25) is 4.79 Å². The highest BCUT2D eigenvalue weighted by Crippen LogP contribution is 2.45. The molecule has 5 rings (SSSR count). The lowest BCUT2D eigenvalue weighted by atomic mass is 10.0. The lowest BCUT2D eigenvalue weighted by molar-refractivity contribution is -0.127. The first-order chi connectivity index (χ1) is 16.3. The summed E-state index contributed by atoms with van der Waals surface area (Å²) in [6, 6.07) is 19.1. The van der Waals surface area contributed by atoms with Gasteiger partial charge in [-0.25, -0.2) is 9.07 Å². The second kappa shape index (κ2) is 8.76. The normalized spacial score (nSPS) is 16.1. The number of aromatic nitrogens is 2. The molecule has 0 bridgehead atoms. The minimum atomic E-state index is -0.436. The van der Waals surface area contributed by atoms with Gasteiger partial charge in [0.05, 0.1) is 23.4 Å². The highest BCUT2D eigenvalue weighted by atomic mass is 35.5. The average molecular weight is 478 g/mol. The number of ether oxygens (including phenoxy) is 1. The van der Waals surface area contributed by atoms with Gasteiger partial charge in [-0.15, -0.1) is 0 Å². The van der Waals surface area contributed by atoms with E-state index in [9.17, 15) is 9.18 Å². The highest BCUT2D eigenvalue weighted by Gasteiger charge is 2.45. The van der Waals surface area contributed by atoms with Crippen LogP contribution in [0.1, 0.15) is 38.4 Å². The molecule has 1 amide bonds. The predicted octanol–water partition coefficient (Wildman–Crippen LogP) is 6.24. The van der Waals surface area contributed by atoms with Gasteiger partial charge in [-0.2, -0.15) is 5.10 Å². The van der Waals surface area contributed by atoms with Gasteiger partial charge in [-0.1, -0.05) is 30.7 Å². The summed E-state index contributed by atoms with van der Waals surface area (Å²) in [6.07, 6.45) is 3.12. The molecule has 0 aliphatic heterocycles. The third kappa shape index (κ3) is 4.50. The molecule has 1 heterocycles. The molecule has 1 aliphatic rings. The van der Waals surface area contributed by atoms with E-state index in [2.05, 4.69) is 10.4 Å². The Morgan fingerprint density at radius 1 is 1.15 bits per heavy atom. The average Bonchev–Trinajstić information content (AvgIpc) is 3.44. The van der Waals surface area contributed by atoms with Crippen LogP contribution in [0.3, 0.4) is 0 Å². The number of hydrogen-bond donors (Lipinski definition) is 1. The van der Waals surface area contributed by atoms with Crippen LogP contribution in [0.2, 0.25) is 5.02 Å². The predicted molar refractivity (Wildman–Crippen MR) is 131 cm³/mol. The van der Waals surface area contributed by atoms with Crippen molar-refractivity contribution in [2.45, 2.75) is 38.8 Å². The highest BCUT2D eigenvalue weighted by molar-refractivity contribution is 6.30. The van der Waals surface area contributed by atoms with Crippen molar-refractivity contribution in [3.05, 3.63) is 89.3 Å². The number of hydrogen-bond acceptors (Lipinski definition) is 3. The summed E-state index contributed by atoms with van der Waals surface area (Å²) in [6.45, 7) is 3.93. The fourth-order valence-corrected chi connectivity index (χ4v) is 4.23. The number of halogens is 2. The quantitative estimate of drug-likeness (QED) is 0.342. The van der Waals surface area contributed by atoms with Crippen molar-refractivity contribution in [3.63, 3.8) is 0 Å². The van der Waals surface area contributed by atoms with Crippen molar-refractivity contribution in [2.24, 2.45) is 5.41 Å². The third-order valence-corrected chi connectivity index (χ3v) is 6.65. The molecule has 5 nitrogen and oxygen atoms in total. The summed E-state index contributed by atoms with van der Waals surface area (Å²) in [7, 11) is 0. The molecular weight excluding hydrogens is 453 g/mol. The molecule has 174 valence electrons. The van der Waals surface area contributed by atoms with Gasteiger partial charge in [0.25, 0.3) is 0 Å². The Bertz CT molecular complexity index is 1350. The molecule has 0 radical (unpaired) electrons. The van der Waals surface area contributed by atoms with E-state index < -0.39 is 6.10 Å². The molecule has 2 atom stereocenters. The number of fused-ring (bicyclic) bond motifs is 1. The summed E-state index contributed by atoms with van der Waals surface area (Å²) in [4.78, 5) is 12.7. The molecule has 3 aromatic carbocycles. The van der Waals surface area contributed by atoms with Gasteiger partial charge in [0, 0.05) is 15.8 Å². The number of rotatable bonds is 7. The molecule has 0 unspecified atom stereocenters. The van der Waals surface area contributed by atoms with Crippen molar-refractivity contribution >= 4 is 28.4 Å². The molecule has 1 aliphatic carbocycles. The standard InChI is InChI=1S/C27H25ClFN3O2/c1-17(31-26(33)27(2)12-13-27)25(18-4-3-5-20(28)14-18)34-23-10-11-24-19(15-23)16-30-32(24)22-8-6-21(29)7-9-22/h3-11,14-17,25H,12-13H2,1-2H3,(H,31,33)/t17-,25+/m0/s1. The van der Waals surface area contributed by atoms with Gasteiger partial charge in [0.15, 0.2) is 0 Å². The minimum Gasteiger partial charge on any atom is -0.484 e. The molecule has 1 saturated carbocycles. The zero-order valence-electron chi connectivity index (χ0n) is 19.0. The number of carbonyl (C=O) groups excluding carboxylic acids is 1. The van der Waals surface area contributed by atoms with Crippen molar-refractivity contribution in [3.8, 4) is 11.4 Å². The van der Waals surface area contributed by atoms with Gasteiger partial charge < -0.3 is 10.1 Å². The van der Waals surface area contributed by atoms with Crippen LogP contribution in [-0.2, 0) is 4.79 Å². The molecule has 34 heavy (non-hydrogen) atoms. The maximum Gasteiger partial charge on any atom is 0.226 e. The largest absolute Gasteiger partial charge is 0.484 e. The van der Waals surface area contributed by atoms with E-state index in [0.29, 0.717) is 10.8 Å². The number of nitrogens with one attached hydrogen (secondary N) is 1. The van der Waals surface area contributed by atoms with Gasteiger partial charge in [0.1, 0.15) is 17.7 Å². The smallest absolute Gasteiger partial charge is 0.226 e. The first kappa shape index (κ1) is 22.4. The Labute approximate surface area is 202 Å². The molecule has 4 aromatic rings. The van der Waals surface area contributed by atoms with Crippen molar-refractivity contribution in [1.82, 2.24) is 15.1 Å². The monoisotopic (exact) mass is 477 g/mol. The van der Waals surface area contributed by atoms with Gasteiger partial charge >= 0.3 is 0 Å². The van der Waals surface area contributed by atoms with E-state index >= 15 is 0 Å².